The molecule has 7 heterocycles. The second-order valence-electron chi connectivity index (χ2n) is 27.8. The fraction of sp³-hybridized carbons (Fsp3) is 0. The quantitative estimate of drug-likeness (QED) is 0.144. The average Bonchev–Trinajstić information content (AvgIpc) is 1.59. The molecule has 106 heavy (non-hydrogen) atoms. The molecular weight excluding hydrogens is 1300 g/mol. The van der Waals surface area contributed by atoms with Gasteiger partial charge in [0.25, 0.3) is 0 Å². The third-order valence-electron chi connectivity index (χ3n) is 22.0. The highest BCUT2D eigenvalue weighted by Crippen LogP contribution is 2.48. The summed E-state index contributed by atoms with van der Waals surface area (Å²) in [5.41, 5.74) is 26.7. The molecule has 0 atom stereocenters. The van der Waals surface area contributed by atoms with E-state index in [4.69, 9.17) is 23.2 Å². The summed E-state index contributed by atoms with van der Waals surface area (Å²) in [6, 6.07) is 124. The van der Waals surface area contributed by atoms with Crippen LogP contribution in [-0.2, 0) is 0 Å². The van der Waals surface area contributed by atoms with Crippen molar-refractivity contribution < 1.29 is 13.3 Å². The van der Waals surface area contributed by atoms with E-state index in [-0.39, 0.29) is 0 Å². The van der Waals surface area contributed by atoms with E-state index in [9.17, 15) is 0 Å². The van der Waals surface area contributed by atoms with E-state index in [1.54, 1.807) is 0 Å². The molecule has 0 bridgehead atoms. The van der Waals surface area contributed by atoms with Crippen LogP contribution in [0.5, 0.6) is 0 Å². The van der Waals surface area contributed by atoms with Gasteiger partial charge in [0.2, 0.25) is 0 Å². The highest BCUT2D eigenvalue weighted by Gasteiger charge is 2.26. The third kappa shape index (κ3) is 8.58. The van der Waals surface area contributed by atoms with Crippen molar-refractivity contribution in [3.63, 3.8) is 0 Å². The Morgan fingerprint density at radius 2 is 0.528 bits per heavy atom. The van der Waals surface area contributed by atoms with E-state index in [1.807, 2.05) is 18.2 Å². The van der Waals surface area contributed by atoms with Gasteiger partial charge < -0.3 is 27.0 Å². The SMILES string of the molecule is c1cc(-c2ccc3nc(-c4cccc(-n5c6ccccc6c6cccc(-c7cccc8c7oc7ccccc78)c65)c4)nc(-c4cccc(-n5c6ccccc6c6cccc(-c7cccc8c7oc7ccccc78)c65)c4)c3c2)cc(-n2c3ccccc3c3cccc(-c4cccc5c4oc4ccccc45)c32)c1. The number of furan rings is 3. The summed E-state index contributed by atoms with van der Waals surface area (Å²) in [5.74, 6) is 0.608. The molecule has 8 heteroatoms. The molecule has 23 aromatic rings. The molecule has 0 saturated carbocycles. The summed E-state index contributed by atoms with van der Waals surface area (Å²) in [7, 11) is 0. The van der Waals surface area contributed by atoms with Crippen LogP contribution in [0, 0.1) is 0 Å². The van der Waals surface area contributed by atoms with Crippen LogP contribution >= 0.6 is 0 Å². The standard InChI is InChI=1S/C98H57N5O3/c1-7-46-85-65(28-1)71-34-16-37-74(80-43-19-40-77-68-31-4-10-49-88(68)104-95(77)80)92(71)101(85)62-25-13-22-58(54-62)59-52-53-84-83(57-59)91(60-23-14-26-63(55-60)102-86-47-8-2-29-66(86)72-35-17-38-75(93(72)102)81-44-20-41-78-69-32-5-11-50-89(69)105-96(78)81)100-98(99-84)61-24-15-27-64(56-61)103-87-48-9-3-30-67(87)73-36-18-39-76(94(73)103)82-45-21-42-79-70-33-6-12-51-90(70)106-97(79)82/h1-57H. The molecule has 0 unspecified atom stereocenters. The molecule has 0 aliphatic heterocycles. The minimum atomic E-state index is 0.608. The molecule has 0 fully saturated rings. The molecule has 0 saturated heterocycles. The number of hydrogen-bond donors (Lipinski definition) is 0. The molecule has 23 rings (SSSR count). The van der Waals surface area contributed by atoms with Crippen LogP contribution in [0.1, 0.15) is 0 Å². The second kappa shape index (κ2) is 22.6. The van der Waals surface area contributed by atoms with Crippen LogP contribution in [0.15, 0.2) is 359 Å². The maximum absolute atomic E-state index is 6.80. The summed E-state index contributed by atoms with van der Waals surface area (Å²) in [4.78, 5) is 11.5. The summed E-state index contributed by atoms with van der Waals surface area (Å²) in [6.07, 6.45) is 0. The predicted octanol–water partition coefficient (Wildman–Crippen LogP) is 26.6. The van der Waals surface area contributed by atoms with E-state index < -0.39 is 0 Å². The zero-order chi connectivity index (χ0) is 69.2. The Labute approximate surface area is 605 Å². The molecule has 0 aliphatic carbocycles. The maximum atomic E-state index is 6.80. The Morgan fingerprint density at radius 1 is 0.208 bits per heavy atom. The number of fused-ring (bicyclic) bond motifs is 19. The summed E-state index contributed by atoms with van der Waals surface area (Å²) in [5, 5.41) is 14.4. The van der Waals surface area contributed by atoms with Crippen molar-refractivity contribution in [2.24, 2.45) is 0 Å². The molecule has 0 amide bonds. The van der Waals surface area contributed by atoms with E-state index in [0.717, 1.165) is 210 Å². The van der Waals surface area contributed by atoms with Crippen molar-refractivity contribution in [2.45, 2.75) is 0 Å². The van der Waals surface area contributed by atoms with Crippen LogP contribution in [0.4, 0.5) is 0 Å². The monoisotopic (exact) mass is 1350 g/mol. The molecule has 16 aromatic carbocycles. The first kappa shape index (κ1) is 58.3. The topological polar surface area (TPSA) is 80.0 Å². The van der Waals surface area contributed by atoms with Gasteiger partial charge in [0.05, 0.1) is 44.3 Å². The van der Waals surface area contributed by atoms with E-state index >= 15 is 0 Å². The summed E-state index contributed by atoms with van der Waals surface area (Å²) >= 11 is 0. The fourth-order valence-corrected chi connectivity index (χ4v) is 17.4. The number of para-hydroxylation sites is 12. The van der Waals surface area contributed by atoms with Gasteiger partial charge in [0.15, 0.2) is 5.82 Å². The number of benzene rings is 16. The molecule has 8 nitrogen and oxygen atoms in total. The number of hydrogen-bond acceptors (Lipinski definition) is 5. The van der Waals surface area contributed by atoms with E-state index in [1.165, 1.54) is 10.8 Å². The van der Waals surface area contributed by atoms with Gasteiger partial charge in [-0.15, -0.1) is 0 Å². The average molecular weight is 1350 g/mol. The molecule has 7 aromatic heterocycles. The molecule has 0 N–H and O–H groups in total. The number of nitrogens with zero attached hydrogens (tertiary/aromatic N) is 5. The Morgan fingerprint density at radius 3 is 0.962 bits per heavy atom. The zero-order valence-corrected chi connectivity index (χ0v) is 56.9. The third-order valence-corrected chi connectivity index (χ3v) is 22.0. The zero-order valence-electron chi connectivity index (χ0n) is 56.9. The van der Waals surface area contributed by atoms with Crippen LogP contribution in [0.3, 0.4) is 0 Å². The van der Waals surface area contributed by atoms with Gasteiger partial charge in [-0.2, -0.15) is 0 Å². The van der Waals surface area contributed by atoms with Crippen LogP contribution in [0.2, 0.25) is 0 Å². The lowest BCUT2D eigenvalue weighted by molar-refractivity contribution is 0.669. The number of rotatable bonds is 9. The minimum absolute atomic E-state index is 0.608. The lowest BCUT2D eigenvalue weighted by Gasteiger charge is -2.16. The van der Waals surface area contributed by atoms with Gasteiger partial charge in [-0.25, -0.2) is 9.97 Å². The smallest absolute Gasteiger partial charge is 0.160 e. The highest BCUT2D eigenvalue weighted by molar-refractivity contribution is 6.21. The van der Waals surface area contributed by atoms with Crippen LogP contribution in [0.25, 0.3) is 226 Å². The van der Waals surface area contributed by atoms with Crippen molar-refractivity contribution in [3.8, 4) is 84.2 Å². The largest absolute Gasteiger partial charge is 0.455 e. The Bertz CT molecular complexity index is 7680. The van der Waals surface area contributed by atoms with Gasteiger partial charge >= 0.3 is 0 Å². The van der Waals surface area contributed by atoms with Gasteiger partial charge in [-0.1, -0.05) is 261 Å². The number of aromatic nitrogens is 5. The van der Waals surface area contributed by atoms with Crippen molar-refractivity contribution in [1.82, 2.24) is 23.7 Å². The molecule has 0 radical (unpaired) electrons. The van der Waals surface area contributed by atoms with Crippen molar-refractivity contribution in [3.05, 3.63) is 346 Å². The highest BCUT2D eigenvalue weighted by atomic mass is 16.3. The van der Waals surface area contributed by atoms with Crippen LogP contribution in [-0.4, -0.2) is 23.7 Å². The van der Waals surface area contributed by atoms with Gasteiger partial charge in [0.1, 0.15) is 33.5 Å². The molecule has 492 valence electrons. The van der Waals surface area contributed by atoms with E-state index in [0.29, 0.717) is 5.82 Å². The molecule has 0 aliphatic rings. The molecular formula is C98H57N5O3. The van der Waals surface area contributed by atoms with Crippen molar-refractivity contribution in [1.29, 1.82) is 0 Å². The van der Waals surface area contributed by atoms with Crippen molar-refractivity contribution >= 4 is 142 Å². The predicted molar refractivity (Wildman–Crippen MR) is 437 cm³/mol. The Hall–Kier alpha value is -14.3. The Balaban J connectivity index is 0.727. The van der Waals surface area contributed by atoms with Crippen LogP contribution < -0.4 is 0 Å². The fourth-order valence-electron chi connectivity index (χ4n) is 17.4. The summed E-state index contributed by atoms with van der Waals surface area (Å²) < 4.78 is 27.6. The maximum Gasteiger partial charge on any atom is 0.160 e. The first-order valence-corrected chi connectivity index (χ1v) is 36.0. The minimum Gasteiger partial charge on any atom is -0.455 e. The normalized spacial score (nSPS) is 12.2. The van der Waals surface area contributed by atoms with Crippen molar-refractivity contribution in [2.75, 3.05) is 0 Å². The van der Waals surface area contributed by atoms with Gasteiger partial charge in [0, 0.05) is 132 Å². The summed E-state index contributed by atoms with van der Waals surface area (Å²) in [6.45, 7) is 0. The Kier molecular flexibility index (Phi) is 12.4. The van der Waals surface area contributed by atoms with E-state index in [2.05, 4.69) is 341 Å². The first-order chi connectivity index (χ1) is 52.6. The lowest BCUT2D eigenvalue weighted by Crippen LogP contribution is -2.00. The molecule has 0 spiro atoms. The van der Waals surface area contributed by atoms with Gasteiger partial charge in [-0.3, -0.25) is 0 Å². The van der Waals surface area contributed by atoms with Gasteiger partial charge in [-0.05, 0) is 96.1 Å². The lowest BCUT2D eigenvalue weighted by atomic mass is 9.98. The second-order valence-corrected chi connectivity index (χ2v) is 27.8. The first-order valence-electron chi connectivity index (χ1n) is 36.0.